The molecule has 3 atom stereocenters. The van der Waals surface area contributed by atoms with Gasteiger partial charge in [0.25, 0.3) is 0 Å². The molecule has 0 aromatic carbocycles. The van der Waals surface area contributed by atoms with Gasteiger partial charge in [-0.15, -0.1) is 0 Å². The summed E-state index contributed by atoms with van der Waals surface area (Å²) in [6, 6.07) is 0. The van der Waals surface area contributed by atoms with Crippen molar-refractivity contribution < 1.29 is 13.5 Å². The van der Waals surface area contributed by atoms with Crippen LogP contribution in [0, 0.1) is 11.8 Å². The predicted molar refractivity (Wildman–Crippen MR) is 66.1 cm³/mol. The molecule has 96 valence electrons. The predicted octanol–water partition coefficient (Wildman–Crippen LogP) is 2.00. The lowest BCUT2D eigenvalue weighted by Gasteiger charge is -2.31. The molecule has 1 aliphatic carbocycles. The fourth-order valence-corrected chi connectivity index (χ4v) is 3.45. The van der Waals surface area contributed by atoms with Gasteiger partial charge in [-0.05, 0) is 51.4 Å². The zero-order valence-corrected chi connectivity index (χ0v) is 11.3. The topological polar surface area (TPSA) is 54.4 Å². The average molecular weight is 248 g/mol. The van der Waals surface area contributed by atoms with E-state index in [1.807, 2.05) is 0 Å². The lowest BCUT2D eigenvalue weighted by atomic mass is 9.79. The lowest BCUT2D eigenvalue weighted by molar-refractivity contribution is 0.0503. The van der Waals surface area contributed by atoms with E-state index < -0.39 is 9.84 Å². The molecule has 1 fully saturated rings. The van der Waals surface area contributed by atoms with E-state index in [0.717, 1.165) is 19.3 Å². The monoisotopic (exact) mass is 248 g/mol. The van der Waals surface area contributed by atoms with Gasteiger partial charge in [-0.1, -0.05) is 6.92 Å². The first-order chi connectivity index (χ1) is 7.33. The first-order valence-electron chi connectivity index (χ1n) is 6.22. The molecule has 4 heteroatoms. The van der Waals surface area contributed by atoms with Gasteiger partial charge in [0, 0.05) is 0 Å². The van der Waals surface area contributed by atoms with E-state index in [-0.39, 0.29) is 23.0 Å². The minimum absolute atomic E-state index is 0.178. The summed E-state index contributed by atoms with van der Waals surface area (Å²) in [7, 11) is -2.95. The molecule has 0 spiro atoms. The van der Waals surface area contributed by atoms with Crippen molar-refractivity contribution in [2.75, 3.05) is 5.75 Å². The molecule has 3 unspecified atom stereocenters. The molecule has 0 radical (unpaired) electrons. The van der Waals surface area contributed by atoms with Gasteiger partial charge in [0.05, 0.1) is 17.1 Å². The molecule has 3 nitrogen and oxygen atoms in total. The Labute approximate surface area is 99.2 Å². The van der Waals surface area contributed by atoms with E-state index >= 15 is 0 Å². The van der Waals surface area contributed by atoms with Crippen molar-refractivity contribution in [2.24, 2.45) is 11.8 Å². The molecule has 0 bridgehead atoms. The highest BCUT2D eigenvalue weighted by molar-refractivity contribution is 7.91. The smallest absolute Gasteiger partial charge is 0.152 e. The summed E-state index contributed by atoms with van der Waals surface area (Å²) in [6.45, 7) is 5.61. The number of aliphatic hydroxyl groups is 1. The molecular weight excluding hydrogens is 224 g/mol. The van der Waals surface area contributed by atoms with Gasteiger partial charge < -0.3 is 5.11 Å². The summed E-state index contributed by atoms with van der Waals surface area (Å²) in [5, 5.41) is 9.53. The lowest BCUT2D eigenvalue weighted by Crippen LogP contribution is -2.30. The van der Waals surface area contributed by atoms with E-state index in [1.54, 1.807) is 13.8 Å². The number of aliphatic hydroxyl groups excluding tert-OH is 1. The van der Waals surface area contributed by atoms with Crippen LogP contribution in [0.15, 0.2) is 0 Å². The number of hydrogen-bond acceptors (Lipinski definition) is 3. The van der Waals surface area contributed by atoms with Gasteiger partial charge in [0.2, 0.25) is 0 Å². The minimum Gasteiger partial charge on any atom is -0.393 e. The molecule has 1 rings (SSSR count). The third kappa shape index (κ3) is 3.74. The van der Waals surface area contributed by atoms with Crippen LogP contribution in [0.3, 0.4) is 0 Å². The molecule has 0 aliphatic heterocycles. The van der Waals surface area contributed by atoms with E-state index in [9.17, 15) is 13.5 Å². The molecule has 1 N–H and O–H groups in total. The number of rotatable bonds is 4. The van der Waals surface area contributed by atoms with Gasteiger partial charge in [-0.25, -0.2) is 8.42 Å². The van der Waals surface area contributed by atoms with Crippen molar-refractivity contribution >= 4 is 9.84 Å². The highest BCUT2D eigenvalue weighted by atomic mass is 32.2. The zero-order valence-electron chi connectivity index (χ0n) is 10.5. The van der Waals surface area contributed by atoms with Crippen molar-refractivity contribution in [3.8, 4) is 0 Å². The van der Waals surface area contributed by atoms with Gasteiger partial charge in [0.15, 0.2) is 9.84 Å². The summed E-state index contributed by atoms with van der Waals surface area (Å²) >= 11 is 0. The van der Waals surface area contributed by atoms with Crippen LogP contribution >= 0.6 is 0 Å². The Kier molecular flexibility index (Phi) is 4.80. The SMILES string of the molecule is CC1CCC(O)C(CCS(=O)(=O)C(C)C)C1. The summed E-state index contributed by atoms with van der Waals surface area (Å²) in [5.74, 6) is 1.02. The standard InChI is InChI=1S/C12H24O3S/c1-9(2)16(14,15)7-6-11-8-10(3)4-5-12(11)13/h9-13H,4-8H2,1-3H3. The number of hydrogen-bond donors (Lipinski definition) is 1. The first-order valence-corrected chi connectivity index (χ1v) is 7.94. The molecule has 0 amide bonds. The Morgan fingerprint density at radius 2 is 1.94 bits per heavy atom. The van der Waals surface area contributed by atoms with E-state index in [1.165, 1.54) is 0 Å². The van der Waals surface area contributed by atoms with E-state index in [0.29, 0.717) is 12.3 Å². The second kappa shape index (κ2) is 5.50. The van der Waals surface area contributed by atoms with E-state index in [4.69, 9.17) is 0 Å². The molecule has 0 heterocycles. The van der Waals surface area contributed by atoms with Crippen molar-refractivity contribution in [1.82, 2.24) is 0 Å². The van der Waals surface area contributed by atoms with Crippen LogP contribution in [0.2, 0.25) is 0 Å². The average Bonchev–Trinajstić information content (AvgIpc) is 2.19. The van der Waals surface area contributed by atoms with Gasteiger partial charge >= 0.3 is 0 Å². The molecule has 1 aliphatic rings. The summed E-state index contributed by atoms with van der Waals surface area (Å²) in [6.07, 6.45) is 3.18. The molecule has 0 aromatic heterocycles. The van der Waals surface area contributed by atoms with Gasteiger partial charge in [-0.2, -0.15) is 0 Å². The first kappa shape index (κ1) is 14.0. The van der Waals surface area contributed by atoms with Gasteiger partial charge in [-0.3, -0.25) is 0 Å². The van der Waals surface area contributed by atoms with E-state index in [2.05, 4.69) is 6.92 Å². The Morgan fingerprint density at radius 3 is 2.50 bits per heavy atom. The van der Waals surface area contributed by atoms with Crippen LogP contribution < -0.4 is 0 Å². The summed E-state index contributed by atoms with van der Waals surface area (Å²) in [4.78, 5) is 0. The highest BCUT2D eigenvalue weighted by Gasteiger charge is 2.28. The maximum Gasteiger partial charge on any atom is 0.152 e. The van der Waals surface area contributed by atoms with Crippen LogP contribution in [0.5, 0.6) is 0 Å². The highest BCUT2D eigenvalue weighted by Crippen LogP contribution is 2.31. The van der Waals surface area contributed by atoms with Crippen LogP contribution in [-0.4, -0.2) is 30.6 Å². The Morgan fingerprint density at radius 1 is 1.31 bits per heavy atom. The van der Waals surface area contributed by atoms with Gasteiger partial charge in [0.1, 0.15) is 0 Å². The van der Waals surface area contributed by atoms with Crippen LogP contribution in [0.4, 0.5) is 0 Å². The molecular formula is C12H24O3S. The quantitative estimate of drug-likeness (QED) is 0.828. The molecule has 0 saturated heterocycles. The molecule has 16 heavy (non-hydrogen) atoms. The van der Waals surface area contributed by atoms with Crippen LogP contribution in [-0.2, 0) is 9.84 Å². The maximum absolute atomic E-state index is 11.7. The van der Waals surface area contributed by atoms with Crippen molar-refractivity contribution in [3.63, 3.8) is 0 Å². The Bertz CT molecular complexity index is 308. The molecule has 0 aromatic rings. The van der Waals surface area contributed by atoms with Crippen molar-refractivity contribution in [2.45, 2.75) is 57.8 Å². The fourth-order valence-electron chi connectivity index (χ4n) is 2.34. The second-order valence-corrected chi connectivity index (χ2v) is 8.13. The normalized spacial score (nSPS) is 31.9. The zero-order chi connectivity index (χ0) is 12.3. The minimum atomic E-state index is -2.95. The van der Waals surface area contributed by atoms with Crippen LogP contribution in [0.25, 0.3) is 0 Å². The largest absolute Gasteiger partial charge is 0.393 e. The van der Waals surface area contributed by atoms with Crippen molar-refractivity contribution in [3.05, 3.63) is 0 Å². The maximum atomic E-state index is 11.7. The Hall–Kier alpha value is -0.0900. The fraction of sp³-hybridized carbons (Fsp3) is 1.00. The molecule has 1 saturated carbocycles. The summed E-state index contributed by atoms with van der Waals surface area (Å²) < 4.78 is 23.4. The number of sulfone groups is 1. The van der Waals surface area contributed by atoms with Crippen molar-refractivity contribution in [1.29, 1.82) is 0 Å². The third-order valence-corrected chi connectivity index (χ3v) is 5.94. The summed E-state index contributed by atoms with van der Waals surface area (Å²) in [5.41, 5.74) is 0. The Balaban J connectivity index is 2.48. The van der Waals surface area contributed by atoms with Crippen LogP contribution in [0.1, 0.15) is 46.5 Å². The second-order valence-electron chi connectivity index (χ2n) is 5.45. The third-order valence-electron chi connectivity index (χ3n) is 3.70.